The molecule has 2 heterocycles. The number of nitrogens with two attached hydrogens (primary N) is 3. The summed E-state index contributed by atoms with van der Waals surface area (Å²) in [6, 6.07) is 0. The number of nitrogens with one attached hydrogen (secondary N) is 4. The molecule has 0 unspecified atom stereocenters. The number of amidine groups is 3. The predicted octanol–water partition coefficient (Wildman–Crippen LogP) is 3.87. The second kappa shape index (κ2) is 50.3. The summed E-state index contributed by atoms with van der Waals surface area (Å²) >= 11 is 1.51. The van der Waals surface area contributed by atoms with Crippen LogP contribution in [0.25, 0.3) is 9.69 Å². The molecule has 0 atom stereocenters. The number of hydrogen-bond donors (Lipinski definition) is 7. The molecular weight excluding hydrogens is 486 g/mol. The monoisotopic (exact) mass is 543 g/mol. The summed E-state index contributed by atoms with van der Waals surface area (Å²) in [7, 11) is 3.00. The van der Waals surface area contributed by atoms with E-state index in [1.807, 2.05) is 34.0 Å². The molecule has 0 fully saturated rings. The smallest absolute Gasteiger partial charge is 0.211 e. The third kappa shape index (κ3) is 60.1. The van der Waals surface area contributed by atoms with Gasteiger partial charge in [0.15, 0.2) is 0 Å². The van der Waals surface area contributed by atoms with Gasteiger partial charge in [0.25, 0.3) is 0 Å². The standard InChI is InChI=1S/2C5H10N2.C4H9NS.C3H8N2.2C3H5N.2CH5N/c2*1-2-5-6-3-4-7-5;1-3-4(5)6-2;1-2-3(4)5;2*1-3-4-2;2*1-2/h2*2-4H2,1H3,(H,6,7);5H,3H2,1-2H3;2H2,1H3,(H3,4,5);2*3H2,1H3;2*2H2,1H3. The van der Waals surface area contributed by atoms with Crippen molar-refractivity contribution >= 4 is 34.3 Å². The third-order valence-corrected chi connectivity index (χ3v) is 4.20. The van der Waals surface area contributed by atoms with Crippen LogP contribution >= 0.6 is 11.8 Å². The number of hydrogen-bond acceptors (Lipinski definition) is 9. The largest absolute Gasteiger partial charge is 0.388 e. The van der Waals surface area contributed by atoms with Crippen LogP contribution in [0, 0.1) is 24.0 Å². The van der Waals surface area contributed by atoms with Gasteiger partial charge in [0, 0.05) is 46.2 Å². The molecule has 11 nitrogen and oxygen atoms in total. The Hall–Kier alpha value is -2.67. The Morgan fingerprint density at radius 3 is 1.16 bits per heavy atom. The Kier molecular flexibility index (Phi) is 64.5. The fourth-order valence-electron chi connectivity index (χ4n) is 1.51. The van der Waals surface area contributed by atoms with Crippen LogP contribution in [0.15, 0.2) is 9.98 Å². The lowest BCUT2D eigenvalue weighted by Gasteiger charge is -1.91. The van der Waals surface area contributed by atoms with Gasteiger partial charge in [0.2, 0.25) is 13.1 Å². The van der Waals surface area contributed by atoms with Crippen molar-refractivity contribution in [1.82, 2.24) is 10.6 Å². The Morgan fingerprint density at radius 2 is 1.11 bits per heavy atom. The number of aliphatic imine (C=N–C) groups is 2. The van der Waals surface area contributed by atoms with Crippen molar-refractivity contribution in [2.24, 2.45) is 27.2 Å². The lowest BCUT2D eigenvalue weighted by Crippen LogP contribution is -2.16. The van der Waals surface area contributed by atoms with Gasteiger partial charge in [-0.3, -0.25) is 20.8 Å². The Bertz CT molecular complexity index is 563. The summed E-state index contributed by atoms with van der Waals surface area (Å²) in [4.78, 5) is 14.3. The van der Waals surface area contributed by atoms with E-state index in [1.54, 1.807) is 0 Å². The van der Waals surface area contributed by atoms with E-state index in [4.69, 9.17) is 29.7 Å². The summed E-state index contributed by atoms with van der Waals surface area (Å²) in [6.45, 7) is 29.1. The number of nitrogens with zero attached hydrogens (tertiary/aromatic N) is 4. The van der Waals surface area contributed by atoms with Crippen LogP contribution in [0.3, 0.4) is 0 Å². The Labute approximate surface area is 232 Å². The molecule has 12 heteroatoms. The molecule has 0 radical (unpaired) electrons. The average molecular weight is 544 g/mol. The van der Waals surface area contributed by atoms with Crippen molar-refractivity contribution in [3.63, 3.8) is 0 Å². The fourth-order valence-corrected chi connectivity index (χ4v) is 1.80. The van der Waals surface area contributed by atoms with E-state index < -0.39 is 0 Å². The van der Waals surface area contributed by atoms with E-state index >= 15 is 0 Å². The average Bonchev–Trinajstić information content (AvgIpc) is 3.70. The van der Waals surface area contributed by atoms with E-state index in [9.17, 15) is 0 Å². The molecule has 37 heavy (non-hydrogen) atoms. The van der Waals surface area contributed by atoms with E-state index in [0.29, 0.717) is 19.5 Å². The molecule has 0 bridgehead atoms. The molecule has 10 N–H and O–H groups in total. The molecule has 0 aromatic carbocycles. The highest BCUT2D eigenvalue weighted by atomic mass is 32.2. The van der Waals surface area contributed by atoms with Crippen LogP contribution in [0.2, 0.25) is 0 Å². The lowest BCUT2D eigenvalue weighted by molar-refractivity contribution is 0.951. The van der Waals surface area contributed by atoms with Crippen molar-refractivity contribution < 1.29 is 0 Å². The zero-order valence-corrected chi connectivity index (χ0v) is 25.8. The molecule has 2 aliphatic heterocycles. The highest BCUT2D eigenvalue weighted by molar-refractivity contribution is 8.13. The first-order valence-corrected chi connectivity index (χ1v) is 13.8. The maximum atomic E-state index is 6.95. The van der Waals surface area contributed by atoms with Gasteiger partial charge >= 0.3 is 0 Å². The van der Waals surface area contributed by atoms with Gasteiger partial charge in [-0.15, -0.1) is 11.8 Å². The summed E-state index contributed by atoms with van der Waals surface area (Å²) in [6.07, 6.45) is 5.58. The quantitative estimate of drug-likeness (QED) is 0.160. The van der Waals surface area contributed by atoms with Crippen LogP contribution in [0.5, 0.6) is 0 Å². The number of thioether (sulfide) groups is 1. The van der Waals surface area contributed by atoms with E-state index in [0.717, 1.165) is 50.5 Å². The van der Waals surface area contributed by atoms with Crippen molar-refractivity contribution in [3.05, 3.63) is 22.8 Å². The van der Waals surface area contributed by atoms with Gasteiger partial charge in [0.05, 0.1) is 35.6 Å². The Morgan fingerprint density at radius 1 is 0.811 bits per heavy atom. The minimum absolute atomic E-state index is 0.255. The first-order chi connectivity index (χ1) is 17.8. The van der Waals surface area contributed by atoms with Gasteiger partial charge in [-0.2, -0.15) is 0 Å². The summed E-state index contributed by atoms with van der Waals surface area (Å²) < 4.78 is 0. The molecule has 2 rings (SSSR count). The minimum Gasteiger partial charge on any atom is -0.388 e. The molecule has 0 aromatic heterocycles. The second-order valence-electron chi connectivity index (χ2n) is 6.03. The zero-order chi connectivity index (χ0) is 30.3. The van der Waals surface area contributed by atoms with Crippen molar-refractivity contribution in [1.29, 1.82) is 10.8 Å². The van der Waals surface area contributed by atoms with Crippen LogP contribution < -0.4 is 27.8 Å². The second-order valence-corrected chi connectivity index (χ2v) is 6.93. The van der Waals surface area contributed by atoms with E-state index in [1.165, 1.54) is 37.5 Å². The lowest BCUT2D eigenvalue weighted by atomic mass is 10.4. The summed E-state index contributed by atoms with van der Waals surface area (Å²) in [5.41, 5.74) is 13.9. The molecule has 0 saturated heterocycles. The predicted molar refractivity (Wildman–Crippen MR) is 169 cm³/mol. The molecular formula is C25H57N11S. The molecule has 0 aliphatic carbocycles. The van der Waals surface area contributed by atoms with E-state index in [-0.39, 0.29) is 5.84 Å². The van der Waals surface area contributed by atoms with Gasteiger partial charge in [-0.1, -0.05) is 27.7 Å². The zero-order valence-electron chi connectivity index (χ0n) is 25.0. The fraction of sp³-hybridized carbons (Fsp3) is 0.760. The molecule has 0 spiro atoms. The van der Waals surface area contributed by atoms with Gasteiger partial charge < -0.3 is 37.5 Å². The molecule has 0 aromatic rings. The highest BCUT2D eigenvalue weighted by Gasteiger charge is 1.99. The molecule has 0 amide bonds. The minimum atomic E-state index is 0.255. The van der Waals surface area contributed by atoms with Gasteiger partial charge in [-0.25, -0.2) is 13.1 Å². The van der Waals surface area contributed by atoms with Crippen molar-refractivity contribution in [2.45, 2.75) is 67.2 Å². The third-order valence-electron chi connectivity index (χ3n) is 3.42. The van der Waals surface area contributed by atoms with Crippen molar-refractivity contribution in [3.8, 4) is 0 Å². The van der Waals surface area contributed by atoms with Crippen molar-refractivity contribution in [2.75, 3.05) is 59.6 Å². The molecule has 2 aliphatic rings. The maximum Gasteiger partial charge on any atom is 0.211 e. The Balaban J connectivity index is -0.0000000769. The summed E-state index contributed by atoms with van der Waals surface area (Å²) in [5.74, 6) is 2.59. The first kappa shape index (κ1) is 47.5. The van der Waals surface area contributed by atoms with Crippen LogP contribution in [-0.4, -0.2) is 82.2 Å². The summed E-state index contributed by atoms with van der Waals surface area (Å²) in [5, 5.41) is 20.5. The normalized spacial score (nSPS) is 10.8. The SMILES string of the molecule is CCC(=N)N.CCC(=N)SC.CCC1=NCCN1.CCC1=NCCN1.CN.CN.[C-]#[N+]CC.[C-]#[N+]CC. The number of rotatable bonds is 4. The molecule has 218 valence electrons. The van der Waals surface area contributed by atoms with Crippen LogP contribution in [0.4, 0.5) is 0 Å². The van der Waals surface area contributed by atoms with Crippen LogP contribution in [-0.2, 0) is 0 Å². The molecule has 0 saturated carbocycles. The van der Waals surface area contributed by atoms with E-state index in [2.05, 4.69) is 55.6 Å². The van der Waals surface area contributed by atoms with Gasteiger partial charge in [0.1, 0.15) is 0 Å². The topological polar surface area (TPSA) is 183 Å². The maximum absolute atomic E-state index is 6.95. The first-order valence-electron chi connectivity index (χ1n) is 12.6. The van der Waals surface area contributed by atoms with Gasteiger partial charge in [-0.05, 0) is 26.8 Å². The highest BCUT2D eigenvalue weighted by Crippen LogP contribution is 1.96. The van der Waals surface area contributed by atoms with Crippen LogP contribution in [0.1, 0.15) is 67.2 Å².